The maximum atomic E-state index is 6.96. The molecule has 0 aromatic carbocycles. The highest BCUT2D eigenvalue weighted by molar-refractivity contribution is 6.74. The summed E-state index contributed by atoms with van der Waals surface area (Å²) in [6, 6.07) is 0. The number of hydrogen-bond donors (Lipinski definition) is 0. The van der Waals surface area contributed by atoms with Crippen LogP contribution in [0.4, 0.5) is 0 Å². The van der Waals surface area contributed by atoms with Gasteiger partial charge in [-0.05, 0) is 73.3 Å². The van der Waals surface area contributed by atoms with E-state index in [1.54, 1.807) is 5.57 Å². The molecular formula is C24H48O2Si2. The van der Waals surface area contributed by atoms with Crippen LogP contribution in [-0.4, -0.2) is 29.3 Å². The Balaban J connectivity index is 2.11. The molecule has 2 nitrogen and oxygen atoms in total. The molecule has 3 atom stereocenters. The zero-order chi connectivity index (χ0) is 21.6. The van der Waals surface area contributed by atoms with E-state index in [1.807, 2.05) is 0 Å². The third-order valence-corrected chi connectivity index (χ3v) is 17.7. The van der Waals surface area contributed by atoms with Gasteiger partial charge in [-0.1, -0.05) is 66.5 Å². The van der Waals surface area contributed by atoms with Crippen LogP contribution in [0.2, 0.25) is 36.3 Å². The van der Waals surface area contributed by atoms with Crippen LogP contribution in [0.3, 0.4) is 0 Å². The monoisotopic (exact) mass is 424 g/mol. The van der Waals surface area contributed by atoms with Gasteiger partial charge in [-0.2, -0.15) is 0 Å². The van der Waals surface area contributed by atoms with Crippen molar-refractivity contribution in [1.82, 2.24) is 0 Å². The van der Waals surface area contributed by atoms with Crippen LogP contribution in [0, 0.1) is 11.3 Å². The van der Waals surface area contributed by atoms with Crippen LogP contribution < -0.4 is 0 Å². The molecular weight excluding hydrogens is 376 g/mol. The fraction of sp³-hybridized carbons (Fsp3) is 0.917. The first-order chi connectivity index (χ1) is 12.5. The van der Waals surface area contributed by atoms with Crippen LogP contribution in [0.15, 0.2) is 11.6 Å². The number of hydrogen-bond acceptors (Lipinski definition) is 2. The maximum Gasteiger partial charge on any atom is 0.192 e. The molecule has 0 heterocycles. The summed E-state index contributed by atoms with van der Waals surface area (Å²) >= 11 is 0. The van der Waals surface area contributed by atoms with Gasteiger partial charge in [0.1, 0.15) is 0 Å². The molecule has 0 radical (unpaired) electrons. The first-order valence-corrected chi connectivity index (χ1v) is 17.3. The summed E-state index contributed by atoms with van der Waals surface area (Å²) in [5, 5.41) is 0.565. The normalized spacial score (nSPS) is 31.3. The average molecular weight is 425 g/mol. The Labute approximate surface area is 178 Å². The fourth-order valence-corrected chi connectivity index (χ4v) is 6.89. The zero-order valence-electron chi connectivity index (χ0n) is 20.8. The van der Waals surface area contributed by atoms with Gasteiger partial charge >= 0.3 is 0 Å². The number of allylic oxidation sites excluding steroid dienone is 1. The molecule has 0 amide bonds. The van der Waals surface area contributed by atoms with E-state index >= 15 is 0 Å². The van der Waals surface area contributed by atoms with Gasteiger partial charge in [0.2, 0.25) is 0 Å². The van der Waals surface area contributed by atoms with Crippen molar-refractivity contribution < 1.29 is 8.85 Å². The maximum absolute atomic E-state index is 6.96. The third-order valence-electron chi connectivity index (χ3n) is 8.74. The minimum atomic E-state index is -1.72. The molecule has 2 fully saturated rings. The Morgan fingerprint density at radius 2 is 1.54 bits per heavy atom. The molecule has 4 heteroatoms. The summed E-state index contributed by atoms with van der Waals surface area (Å²) in [6.45, 7) is 26.9. The van der Waals surface area contributed by atoms with Gasteiger partial charge in [-0.25, -0.2) is 0 Å². The zero-order valence-corrected chi connectivity index (χ0v) is 22.8. The second kappa shape index (κ2) is 7.98. The number of fused-ring (bicyclic) bond motifs is 1. The molecule has 2 aliphatic carbocycles. The molecule has 0 spiro atoms. The smallest absolute Gasteiger partial charge is 0.192 e. The van der Waals surface area contributed by atoms with Crippen molar-refractivity contribution in [1.29, 1.82) is 0 Å². The lowest BCUT2D eigenvalue weighted by Crippen LogP contribution is -2.49. The van der Waals surface area contributed by atoms with Gasteiger partial charge in [0.05, 0.1) is 6.61 Å². The minimum Gasteiger partial charge on any atom is -0.414 e. The van der Waals surface area contributed by atoms with Crippen molar-refractivity contribution in [3.63, 3.8) is 0 Å². The van der Waals surface area contributed by atoms with Crippen molar-refractivity contribution in [2.45, 2.75) is 123 Å². The second-order valence-electron chi connectivity index (χ2n) is 12.7. The van der Waals surface area contributed by atoms with Gasteiger partial charge < -0.3 is 8.85 Å². The van der Waals surface area contributed by atoms with Crippen LogP contribution in [-0.2, 0) is 8.85 Å². The molecule has 164 valence electrons. The highest BCUT2D eigenvalue weighted by Gasteiger charge is 2.51. The third kappa shape index (κ3) is 4.87. The van der Waals surface area contributed by atoms with Gasteiger partial charge in [0.25, 0.3) is 0 Å². The minimum absolute atomic E-state index is 0.278. The molecule has 0 N–H and O–H groups in total. The van der Waals surface area contributed by atoms with Crippen LogP contribution in [0.1, 0.15) is 80.6 Å². The SMILES string of the molecule is CC(C)(C)[Si](C)(C)OC/C=C1/CCC2[C@@H](O[Si](C)(C)C(C)(C)C)CCC[C@]12C. The van der Waals surface area contributed by atoms with Crippen molar-refractivity contribution in [2.75, 3.05) is 6.61 Å². The summed E-state index contributed by atoms with van der Waals surface area (Å²) in [5.41, 5.74) is 1.97. The highest BCUT2D eigenvalue weighted by Crippen LogP contribution is 2.57. The molecule has 0 saturated heterocycles. The lowest BCUT2D eigenvalue weighted by molar-refractivity contribution is 0.0231. The summed E-state index contributed by atoms with van der Waals surface area (Å²) < 4.78 is 13.4. The van der Waals surface area contributed by atoms with Crippen molar-refractivity contribution >= 4 is 16.6 Å². The molecule has 0 bridgehead atoms. The second-order valence-corrected chi connectivity index (χ2v) is 22.2. The van der Waals surface area contributed by atoms with E-state index in [2.05, 4.69) is 80.7 Å². The van der Waals surface area contributed by atoms with E-state index in [0.717, 1.165) is 6.61 Å². The van der Waals surface area contributed by atoms with Gasteiger partial charge in [-0.3, -0.25) is 0 Å². The molecule has 0 aliphatic heterocycles. The Morgan fingerprint density at radius 3 is 2.07 bits per heavy atom. The van der Waals surface area contributed by atoms with E-state index in [9.17, 15) is 0 Å². The first-order valence-electron chi connectivity index (χ1n) is 11.5. The van der Waals surface area contributed by atoms with Crippen LogP contribution in [0.5, 0.6) is 0 Å². The quantitative estimate of drug-likeness (QED) is 0.329. The molecule has 2 aliphatic rings. The summed E-state index contributed by atoms with van der Waals surface area (Å²) in [6.07, 6.45) is 9.30. The molecule has 0 aromatic rings. The lowest BCUT2D eigenvalue weighted by atomic mass is 9.66. The molecule has 28 heavy (non-hydrogen) atoms. The number of rotatable bonds is 5. The van der Waals surface area contributed by atoms with Crippen molar-refractivity contribution in [3.8, 4) is 0 Å². The average Bonchev–Trinajstić information content (AvgIpc) is 2.82. The van der Waals surface area contributed by atoms with Gasteiger partial charge in [-0.15, -0.1) is 0 Å². The predicted octanol–water partition coefficient (Wildman–Crippen LogP) is 7.93. The molecule has 1 unspecified atom stereocenters. The Bertz CT molecular complexity index is 580. The Morgan fingerprint density at radius 1 is 0.964 bits per heavy atom. The Hall–Kier alpha value is 0.0938. The van der Waals surface area contributed by atoms with E-state index in [4.69, 9.17) is 8.85 Å². The summed E-state index contributed by atoms with van der Waals surface area (Å²) in [5.74, 6) is 0.689. The predicted molar refractivity (Wildman–Crippen MR) is 128 cm³/mol. The van der Waals surface area contributed by atoms with E-state index in [0.29, 0.717) is 17.4 Å². The van der Waals surface area contributed by atoms with E-state index < -0.39 is 16.6 Å². The summed E-state index contributed by atoms with van der Waals surface area (Å²) in [4.78, 5) is 0. The summed E-state index contributed by atoms with van der Waals surface area (Å²) in [7, 11) is -3.39. The van der Waals surface area contributed by atoms with E-state index in [-0.39, 0.29) is 10.1 Å². The topological polar surface area (TPSA) is 18.5 Å². The van der Waals surface area contributed by atoms with Crippen molar-refractivity contribution in [3.05, 3.63) is 11.6 Å². The molecule has 0 aromatic heterocycles. The molecule has 2 rings (SSSR count). The van der Waals surface area contributed by atoms with Crippen LogP contribution in [0.25, 0.3) is 0 Å². The Kier molecular flexibility index (Phi) is 6.94. The standard InChI is InChI=1S/C24H48O2Si2/c1-22(2,3)27(8,9)25-18-16-19-14-15-20-21(13-12-17-24(19,20)7)26-28(10,11)23(4,5)6/h16,20-21H,12-15,17-18H2,1-11H3/b19-16-/t20?,21-,24+/m0/s1. The largest absolute Gasteiger partial charge is 0.414 e. The van der Waals surface area contributed by atoms with Gasteiger partial charge in [0, 0.05) is 6.10 Å². The fourth-order valence-electron chi connectivity index (χ4n) is 4.57. The highest BCUT2D eigenvalue weighted by atomic mass is 28.4. The van der Waals surface area contributed by atoms with Gasteiger partial charge in [0.15, 0.2) is 16.6 Å². The lowest BCUT2D eigenvalue weighted by Gasteiger charge is -2.47. The first kappa shape index (κ1) is 24.4. The van der Waals surface area contributed by atoms with Crippen molar-refractivity contribution in [2.24, 2.45) is 11.3 Å². The molecule has 2 saturated carbocycles. The van der Waals surface area contributed by atoms with E-state index in [1.165, 1.54) is 32.1 Å². The van der Waals surface area contributed by atoms with Crippen LogP contribution >= 0.6 is 0 Å².